The second kappa shape index (κ2) is 8.70. The Morgan fingerprint density at radius 3 is 2.67 bits per heavy atom. The number of likely N-dealkylation sites (N-methyl/N-ethyl adjacent to an activating group) is 1. The molecule has 0 aliphatic carbocycles. The van der Waals surface area contributed by atoms with E-state index in [0.29, 0.717) is 18.3 Å². The molecule has 3 rings (SSSR count). The van der Waals surface area contributed by atoms with Crippen LogP contribution < -0.4 is 10.3 Å². The van der Waals surface area contributed by atoms with Crippen LogP contribution in [0.1, 0.15) is 15.3 Å². The monoisotopic (exact) mass is 382 g/mol. The lowest BCUT2D eigenvalue weighted by molar-refractivity contribution is 0.303. The van der Waals surface area contributed by atoms with Gasteiger partial charge in [-0.15, -0.1) is 11.3 Å². The van der Waals surface area contributed by atoms with E-state index < -0.39 is 0 Å². The number of aryl methyl sites for hydroxylation is 2. The maximum Gasteiger partial charge on any atom is 0.227 e. The Bertz CT molecular complexity index is 906. The first-order valence-corrected chi connectivity index (χ1v) is 9.36. The minimum absolute atomic E-state index is 0.0251. The Morgan fingerprint density at radius 1 is 1.22 bits per heavy atom. The van der Waals surface area contributed by atoms with Gasteiger partial charge >= 0.3 is 0 Å². The minimum Gasteiger partial charge on any atom is -0.395 e. The minimum atomic E-state index is 0.0251. The maximum absolute atomic E-state index is 9.20. The van der Waals surface area contributed by atoms with Gasteiger partial charge in [-0.05, 0) is 37.6 Å². The van der Waals surface area contributed by atoms with Crippen molar-refractivity contribution in [2.45, 2.75) is 13.8 Å². The Labute approximate surface area is 162 Å². The number of hydrazone groups is 1. The van der Waals surface area contributed by atoms with Gasteiger partial charge in [-0.2, -0.15) is 10.1 Å². The normalized spacial score (nSPS) is 11.1. The van der Waals surface area contributed by atoms with Crippen molar-refractivity contribution in [2.24, 2.45) is 5.10 Å². The van der Waals surface area contributed by atoms with Crippen molar-refractivity contribution in [2.75, 3.05) is 30.5 Å². The molecule has 3 aromatic rings. The van der Waals surface area contributed by atoms with Crippen molar-refractivity contribution in [1.29, 1.82) is 0 Å². The summed E-state index contributed by atoms with van der Waals surface area (Å²) >= 11 is 1.70. The lowest BCUT2D eigenvalue weighted by Gasteiger charge is -2.17. The summed E-state index contributed by atoms with van der Waals surface area (Å²) < 4.78 is 0. The van der Waals surface area contributed by atoms with Crippen LogP contribution >= 0.6 is 11.3 Å². The lowest BCUT2D eigenvalue weighted by atomic mass is 10.2. The lowest BCUT2D eigenvalue weighted by Crippen LogP contribution is -2.23. The van der Waals surface area contributed by atoms with Gasteiger partial charge in [-0.1, -0.05) is 0 Å². The molecular formula is C19H22N6OS. The number of hydrogen-bond acceptors (Lipinski definition) is 8. The van der Waals surface area contributed by atoms with Crippen LogP contribution in [0.25, 0.3) is 11.3 Å². The highest BCUT2D eigenvalue weighted by molar-refractivity contribution is 7.13. The van der Waals surface area contributed by atoms with Gasteiger partial charge in [0.1, 0.15) is 0 Å². The van der Waals surface area contributed by atoms with Gasteiger partial charge in [0, 0.05) is 47.4 Å². The van der Waals surface area contributed by atoms with E-state index in [1.807, 2.05) is 25.2 Å². The van der Waals surface area contributed by atoms with Gasteiger partial charge in [0.25, 0.3) is 0 Å². The first-order chi connectivity index (χ1) is 13.1. The third kappa shape index (κ3) is 4.87. The molecule has 0 aliphatic rings. The molecule has 0 aromatic carbocycles. The first kappa shape index (κ1) is 18.9. The average molecular weight is 382 g/mol. The van der Waals surface area contributed by atoms with E-state index in [0.717, 1.165) is 16.1 Å². The molecular weight excluding hydrogens is 360 g/mol. The van der Waals surface area contributed by atoms with Gasteiger partial charge < -0.3 is 10.0 Å². The molecule has 0 amide bonds. The van der Waals surface area contributed by atoms with E-state index in [-0.39, 0.29) is 6.61 Å². The fourth-order valence-electron chi connectivity index (χ4n) is 2.41. The fraction of sp³-hybridized carbons (Fsp3) is 0.263. The second-order valence-electron chi connectivity index (χ2n) is 6.08. The zero-order valence-corrected chi connectivity index (χ0v) is 16.4. The Balaban J connectivity index is 1.87. The standard InChI is InChI=1S/C19H22N6OS/c1-13-10-16(27-14(13)2)12-21-24-18-11-17(15-4-6-20-7-5-15)22-19(23-18)25(3)8-9-26/h4-7,10-12,26H,8-9H2,1-3H3,(H,22,23,24). The zero-order valence-electron chi connectivity index (χ0n) is 15.5. The van der Waals surface area contributed by atoms with Gasteiger partial charge in [-0.25, -0.2) is 4.98 Å². The zero-order chi connectivity index (χ0) is 19.2. The van der Waals surface area contributed by atoms with Crippen LogP contribution in [0.3, 0.4) is 0 Å². The predicted molar refractivity (Wildman–Crippen MR) is 111 cm³/mol. The maximum atomic E-state index is 9.20. The topological polar surface area (TPSA) is 86.5 Å². The van der Waals surface area contributed by atoms with Crippen molar-refractivity contribution < 1.29 is 5.11 Å². The van der Waals surface area contributed by atoms with E-state index in [9.17, 15) is 5.11 Å². The van der Waals surface area contributed by atoms with Crippen LogP contribution in [0, 0.1) is 13.8 Å². The number of aliphatic hydroxyl groups excluding tert-OH is 1. The van der Waals surface area contributed by atoms with Crippen molar-refractivity contribution in [3.05, 3.63) is 52.0 Å². The third-order valence-electron chi connectivity index (χ3n) is 4.02. The van der Waals surface area contributed by atoms with Crippen LogP contribution in [0.15, 0.2) is 41.8 Å². The number of aliphatic hydroxyl groups is 1. The number of rotatable bonds is 7. The van der Waals surface area contributed by atoms with Crippen molar-refractivity contribution in [1.82, 2.24) is 15.0 Å². The molecule has 3 aromatic heterocycles. The molecule has 0 saturated heterocycles. The number of anilines is 2. The van der Waals surface area contributed by atoms with E-state index in [1.54, 1.807) is 34.8 Å². The molecule has 7 nitrogen and oxygen atoms in total. The van der Waals surface area contributed by atoms with E-state index >= 15 is 0 Å². The second-order valence-corrected chi connectivity index (χ2v) is 7.37. The number of thiophene rings is 1. The predicted octanol–water partition coefficient (Wildman–Crippen LogP) is 3.09. The number of pyridine rings is 1. The van der Waals surface area contributed by atoms with Crippen molar-refractivity contribution in [3.8, 4) is 11.3 Å². The van der Waals surface area contributed by atoms with Crippen LogP contribution in [-0.4, -0.2) is 46.5 Å². The summed E-state index contributed by atoms with van der Waals surface area (Å²) in [5, 5.41) is 13.5. The summed E-state index contributed by atoms with van der Waals surface area (Å²) in [5.74, 6) is 1.09. The fourth-order valence-corrected chi connectivity index (χ4v) is 3.33. The molecule has 0 radical (unpaired) electrons. The number of hydrogen-bond donors (Lipinski definition) is 2. The third-order valence-corrected chi connectivity index (χ3v) is 5.11. The van der Waals surface area contributed by atoms with Crippen molar-refractivity contribution in [3.63, 3.8) is 0 Å². The molecule has 0 fully saturated rings. The van der Waals surface area contributed by atoms with Gasteiger partial charge in [0.15, 0.2) is 5.82 Å². The van der Waals surface area contributed by atoms with E-state index in [2.05, 4.69) is 45.4 Å². The van der Waals surface area contributed by atoms with Crippen LogP contribution in [-0.2, 0) is 0 Å². The highest BCUT2D eigenvalue weighted by Crippen LogP contribution is 2.22. The largest absolute Gasteiger partial charge is 0.395 e. The van der Waals surface area contributed by atoms with Crippen LogP contribution in [0.4, 0.5) is 11.8 Å². The molecule has 0 spiro atoms. The summed E-state index contributed by atoms with van der Waals surface area (Å²) in [5.41, 5.74) is 5.94. The number of nitrogens with one attached hydrogen (secondary N) is 1. The molecule has 0 unspecified atom stereocenters. The van der Waals surface area contributed by atoms with E-state index in [1.165, 1.54) is 10.4 Å². The molecule has 2 N–H and O–H groups in total. The molecule has 27 heavy (non-hydrogen) atoms. The first-order valence-electron chi connectivity index (χ1n) is 8.54. The van der Waals surface area contributed by atoms with Gasteiger partial charge in [-0.3, -0.25) is 10.4 Å². The highest BCUT2D eigenvalue weighted by atomic mass is 32.1. The van der Waals surface area contributed by atoms with Crippen molar-refractivity contribution >= 4 is 29.3 Å². The Kier molecular flexibility index (Phi) is 6.10. The molecule has 0 aliphatic heterocycles. The molecule has 0 bridgehead atoms. The van der Waals surface area contributed by atoms with Gasteiger partial charge in [0.2, 0.25) is 5.95 Å². The summed E-state index contributed by atoms with van der Waals surface area (Å²) in [4.78, 5) is 17.3. The number of aromatic nitrogens is 3. The summed E-state index contributed by atoms with van der Waals surface area (Å²) in [7, 11) is 1.84. The van der Waals surface area contributed by atoms with Crippen LogP contribution in [0.2, 0.25) is 0 Å². The van der Waals surface area contributed by atoms with Gasteiger partial charge in [0.05, 0.1) is 18.5 Å². The highest BCUT2D eigenvalue weighted by Gasteiger charge is 2.10. The van der Waals surface area contributed by atoms with E-state index in [4.69, 9.17) is 0 Å². The molecule has 140 valence electrons. The van der Waals surface area contributed by atoms with Crippen LogP contribution in [0.5, 0.6) is 0 Å². The molecule has 0 saturated carbocycles. The summed E-state index contributed by atoms with van der Waals surface area (Å²) in [6.45, 7) is 4.65. The Morgan fingerprint density at radius 2 is 2.00 bits per heavy atom. The number of nitrogens with zero attached hydrogens (tertiary/aromatic N) is 5. The molecule has 8 heteroatoms. The SMILES string of the molecule is Cc1cc(C=NNc2cc(-c3ccncc3)nc(N(C)CCO)n2)sc1C. The quantitative estimate of drug-likeness (QED) is 0.482. The Hall–Kier alpha value is -2.84. The molecule has 0 atom stereocenters. The smallest absolute Gasteiger partial charge is 0.227 e. The average Bonchev–Trinajstić information content (AvgIpc) is 3.00. The summed E-state index contributed by atoms with van der Waals surface area (Å²) in [6.07, 6.45) is 5.23. The molecule has 3 heterocycles. The summed E-state index contributed by atoms with van der Waals surface area (Å²) in [6, 6.07) is 7.73.